The Kier molecular flexibility index (Phi) is 5.50. The fourth-order valence-corrected chi connectivity index (χ4v) is 3.42. The quantitative estimate of drug-likeness (QED) is 0.577. The highest BCUT2D eigenvalue weighted by atomic mass is 32.2. The molecule has 0 spiro atoms. The Hall–Kier alpha value is -1.94. The summed E-state index contributed by atoms with van der Waals surface area (Å²) in [6.45, 7) is 6.31. The van der Waals surface area contributed by atoms with Crippen LogP contribution in [0.5, 0.6) is 0 Å². The first-order valence-electron chi connectivity index (χ1n) is 6.53. The van der Waals surface area contributed by atoms with Crippen molar-refractivity contribution in [1.29, 1.82) is 0 Å². The third kappa shape index (κ3) is 4.28. The second-order valence-corrected chi connectivity index (χ2v) is 7.11. The summed E-state index contributed by atoms with van der Waals surface area (Å²) < 4.78 is 0.837. The van der Waals surface area contributed by atoms with Gasteiger partial charge < -0.3 is 16.0 Å². The van der Waals surface area contributed by atoms with Crippen LogP contribution in [-0.2, 0) is 0 Å². The lowest BCUT2D eigenvalue weighted by molar-refractivity contribution is 0.863. The van der Waals surface area contributed by atoms with Gasteiger partial charge in [-0.1, -0.05) is 29.2 Å². The maximum absolute atomic E-state index is 5.74. The highest BCUT2D eigenvalue weighted by molar-refractivity contribution is 8.01. The molecule has 2 aromatic rings. The smallest absolute Gasteiger partial charge is 0.229 e. The van der Waals surface area contributed by atoms with Gasteiger partial charge in [0.15, 0.2) is 4.34 Å². The Morgan fingerprint density at radius 2 is 2.14 bits per heavy atom. The number of hydrogen-bond donors (Lipinski definition) is 2. The number of nitrogens with one attached hydrogen (secondary N) is 1. The lowest BCUT2D eigenvalue weighted by Crippen LogP contribution is -2.16. The van der Waals surface area contributed by atoms with Crippen molar-refractivity contribution in [3.63, 3.8) is 0 Å². The van der Waals surface area contributed by atoms with Crippen molar-refractivity contribution in [3.8, 4) is 0 Å². The molecule has 8 nitrogen and oxygen atoms in total. The molecule has 0 aliphatic carbocycles. The number of thioether (sulfide) groups is 1. The summed E-state index contributed by atoms with van der Waals surface area (Å²) in [6.07, 6.45) is 1.77. The van der Waals surface area contributed by atoms with Gasteiger partial charge in [0.05, 0.1) is 5.25 Å². The first-order valence-corrected chi connectivity index (χ1v) is 8.23. The Morgan fingerprint density at radius 3 is 2.82 bits per heavy atom. The standard InChI is InChI=1S/C12H18N8S2/c1-5-6-14-11-18-19-12(22-11)21-7(2)8-15-9(13)17-10(16-8)20(3)4/h5,7H,1,6H2,2-4H3,(H,14,18)(H2,13,15,16,17)/t7-/m0/s1. The third-order valence-electron chi connectivity index (χ3n) is 2.50. The Labute approximate surface area is 137 Å². The van der Waals surface area contributed by atoms with E-state index in [-0.39, 0.29) is 11.2 Å². The zero-order valence-corrected chi connectivity index (χ0v) is 14.3. The molecule has 0 unspecified atom stereocenters. The summed E-state index contributed by atoms with van der Waals surface area (Å²) in [6, 6.07) is 0. The SMILES string of the molecule is C=CCNc1nnc(S[C@@H](C)c2nc(N)nc(N(C)C)n2)s1. The number of anilines is 3. The van der Waals surface area contributed by atoms with Gasteiger partial charge in [-0.15, -0.1) is 16.8 Å². The summed E-state index contributed by atoms with van der Waals surface area (Å²) in [5, 5.41) is 12.1. The van der Waals surface area contributed by atoms with Gasteiger partial charge >= 0.3 is 0 Å². The van der Waals surface area contributed by atoms with E-state index in [0.717, 1.165) is 9.47 Å². The lowest BCUT2D eigenvalue weighted by atomic mass is 10.4. The highest BCUT2D eigenvalue weighted by Gasteiger charge is 2.16. The third-order valence-corrected chi connectivity index (χ3v) is 4.57. The van der Waals surface area contributed by atoms with Gasteiger partial charge in [0, 0.05) is 20.6 Å². The van der Waals surface area contributed by atoms with Gasteiger partial charge in [0.25, 0.3) is 0 Å². The second-order valence-electron chi connectivity index (χ2n) is 4.55. The van der Waals surface area contributed by atoms with E-state index in [1.165, 1.54) is 23.1 Å². The van der Waals surface area contributed by atoms with Crippen LogP contribution >= 0.6 is 23.1 Å². The zero-order valence-electron chi connectivity index (χ0n) is 12.6. The van der Waals surface area contributed by atoms with Gasteiger partial charge in [-0.3, -0.25) is 0 Å². The summed E-state index contributed by atoms with van der Waals surface area (Å²) in [7, 11) is 3.72. The monoisotopic (exact) mass is 338 g/mol. The van der Waals surface area contributed by atoms with Gasteiger partial charge in [0.2, 0.25) is 17.0 Å². The van der Waals surface area contributed by atoms with E-state index in [1.807, 2.05) is 21.0 Å². The predicted octanol–water partition coefficient (Wildman–Crippen LogP) is 1.82. The van der Waals surface area contributed by atoms with Crippen molar-refractivity contribution < 1.29 is 0 Å². The minimum Gasteiger partial charge on any atom is -0.368 e. The second kappa shape index (κ2) is 7.36. The normalized spacial score (nSPS) is 12.0. The van der Waals surface area contributed by atoms with E-state index in [2.05, 4.69) is 37.0 Å². The van der Waals surface area contributed by atoms with Gasteiger partial charge in [-0.2, -0.15) is 15.0 Å². The number of rotatable bonds is 7. The molecule has 0 aliphatic heterocycles. The molecule has 0 amide bonds. The average molecular weight is 338 g/mol. The molecule has 10 heteroatoms. The molecule has 0 radical (unpaired) electrons. The molecular weight excluding hydrogens is 320 g/mol. The van der Waals surface area contributed by atoms with Crippen molar-refractivity contribution in [2.24, 2.45) is 0 Å². The van der Waals surface area contributed by atoms with Crippen LogP contribution in [0.2, 0.25) is 0 Å². The molecule has 0 fully saturated rings. The first kappa shape index (κ1) is 16.4. The fourth-order valence-electron chi connectivity index (χ4n) is 1.47. The Morgan fingerprint density at radius 1 is 1.36 bits per heavy atom. The summed E-state index contributed by atoms with van der Waals surface area (Å²) >= 11 is 3.01. The van der Waals surface area contributed by atoms with Crippen molar-refractivity contribution >= 4 is 40.1 Å². The molecule has 22 heavy (non-hydrogen) atoms. The van der Waals surface area contributed by atoms with Gasteiger partial charge in [0.1, 0.15) is 5.82 Å². The van der Waals surface area contributed by atoms with Gasteiger partial charge in [-0.25, -0.2) is 0 Å². The highest BCUT2D eigenvalue weighted by Crippen LogP contribution is 2.36. The zero-order chi connectivity index (χ0) is 16.1. The molecule has 0 saturated carbocycles. The van der Waals surface area contributed by atoms with E-state index in [1.54, 1.807) is 11.0 Å². The molecule has 118 valence electrons. The summed E-state index contributed by atoms with van der Waals surface area (Å²) in [5.41, 5.74) is 5.74. The van der Waals surface area contributed by atoms with E-state index < -0.39 is 0 Å². The largest absolute Gasteiger partial charge is 0.368 e. The average Bonchev–Trinajstić information content (AvgIpc) is 2.91. The van der Waals surface area contributed by atoms with E-state index >= 15 is 0 Å². The van der Waals surface area contributed by atoms with Crippen LogP contribution in [0.4, 0.5) is 17.0 Å². The Balaban J connectivity index is 2.09. The molecule has 2 rings (SSSR count). The van der Waals surface area contributed by atoms with Crippen LogP contribution in [0.15, 0.2) is 17.0 Å². The van der Waals surface area contributed by atoms with E-state index in [0.29, 0.717) is 18.3 Å². The van der Waals surface area contributed by atoms with Crippen molar-refractivity contribution in [2.75, 3.05) is 36.6 Å². The molecule has 2 heterocycles. The summed E-state index contributed by atoms with van der Waals surface area (Å²) in [5.74, 6) is 1.38. The molecule has 0 saturated heterocycles. The molecule has 0 aliphatic rings. The molecular formula is C12H18N8S2. The van der Waals surface area contributed by atoms with Crippen molar-refractivity contribution in [1.82, 2.24) is 25.1 Å². The van der Waals surface area contributed by atoms with Crippen molar-refractivity contribution in [2.45, 2.75) is 16.5 Å². The molecule has 2 aromatic heterocycles. The number of hydrogen-bond acceptors (Lipinski definition) is 10. The number of nitrogen functional groups attached to an aromatic ring is 1. The van der Waals surface area contributed by atoms with Crippen molar-refractivity contribution in [3.05, 3.63) is 18.5 Å². The molecule has 1 atom stereocenters. The minimum atomic E-state index is -0.01000. The number of aromatic nitrogens is 5. The maximum atomic E-state index is 5.74. The van der Waals surface area contributed by atoms with Crippen LogP contribution in [0.3, 0.4) is 0 Å². The Bertz CT molecular complexity index is 642. The molecule has 0 aromatic carbocycles. The lowest BCUT2D eigenvalue weighted by Gasteiger charge is -2.13. The molecule has 0 bridgehead atoms. The van der Waals surface area contributed by atoms with E-state index in [9.17, 15) is 0 Å². The van der Waals surface area contributed by atoms with Crippen LogP contribution in [0.1, 0.15) is 18.0 Å². The number of nitrogens with zero attached hydrogens (tertiary/aromatic N) is 6. The minimum absolute atomic E-state index is 0.01000. The fraction of sp³-hybridized carbons (Fsp3) is 0.417. The van der Waals surface area contributed by atoms with Crippen LogP contribution < -0.4 is 16.0 Å². The van der Waals surface area contributed by atoms with Crippen LogP contribution in [0.25, 0.3) is 0 Å². The van der Waals surface area contributed by atoms with E-state index in [4.69, 9.17) is 5.73 Å². The number of nitrogens with two attached hydrogens (primary N) is 1. The van der Waals surface area contributed by atoms with Gasteiger partial charge in [-0.05, 0) is 6.92 Å². The topological polar surface area (TPSA) is 106 Å². The predicted molar refractivity (Wildman–Crippen MR) is 91.4 cm³/mol. The first-order chi connectivity index (χ1) is 10.5. The van der Waals surface area contributed by atoms with Crippen LogP contribution in [0, 0.1) is 0 Å². The van der Waals surface area contributed by atoms with Crippen LogP contribution in [-0.4, -0.2) is 45.8 Å². The summed E-state index contributed by atoms with van der Waals surface area (Å²) in [4.78, 5) is 14.5. The maximum Gasteiger partial charge on any atom is 0.229 e. The molecule has 3 N–H and O–H groups in total.